The van der Waals surface area contributed by atoms with Crippen molar-refractivity contribution < 1.29 is 43.3 Å². The number of aromatic hydroxyl groups is 1. The van der Waals surface area contributed by atoms with Crippen molar-refractivity contribution in [2.45, 2.75) is 65.2 Å². The quantitative estimate of drug-likeness (QED) is 0.203. The zero-order valence-electron chi connectivity index (χ0n) is 20.2. The van der Waals surface area contributed by atoms with Gasteiger partial charge in [0.15, 0.2) is 17.9 Å². The lowest BCUT2D eigenvalue weighted by atomic mass is 9.92. The summed E-state index contributed by atoms with van der Waals surface area (Å²) in [6.45, 7) is 6.23. The number of carbonyl (C=O) groups is 5. The Morgan fingerprint density at radius 3 is 2.60 bits per heavy atom. The van der Waals surface area contributed by atoms with Gasteiger partial charge in [0.2, 0.25) is 6.41 Å². The lowest BCUT2D eigenvalue weighted by molar-refractivity contribution is -0.177. The summed E-state index contributed by atoms with van der Waals surface area (Å²) >= 11 is 0. The standard InChI is InChI=1S/C24H32N2O9/c1-5-6-8-16-20(35-22(30)13(2)3)14(4)34-24(32)18(11-33-23(16)31)26-21(29)15-9-7-10-17(19(15)28)25-12-27/h7,9-10,12-14,16,18,20,28H,5-6,8,11H2,1-4H3,(H,25,27)(H,26,29)/t14-,16+,18-,20-/m0/s1. The molecular formula is C24H32N2O9. The monoisotopic (exact) mass is 492 g/mol. The molecular weight excluding hydrogens is 460 g/mol. The first-order chi connectivity index (χ1) is 16.6. The molecule has 0 unspecified atom stereocenters. The second-order valence-electron chi connectivity index (χ2n) is 8.57. The molecule has 2 rings (SSSR count). The van der Waals surface area contributed by atoms with Crippen LogP contribution in [-0.2, 0) is 33.4 Å². The number of rotatable bonds is 9. The van der Waals surface area contributed by atoms with Crippen LogP contribution in [0.5, 0.6) is 5.75 Å². The fourth-order valence-electron chi connectivity index (χ4n) is 3.53. The Morgan fingerprint density at radius 2 is 1.97 bits per heavy atom. The first-order valence-corrected chi connectivity index (χ1v) is 11.5. The van der Waals surface area contributed by atoms with Crippen molar-refractivity contribution >= 4 is 35.9 Å². The third-order valence-corrected chi connectivity index (χ3v) is 5.53. The predicted octanol–water partition coefficient (Wildman–Crippen LogP) is 1.92. The van der Waals surface area contributed by atoms with Gasteiger partial charge in [0.05, 0.1) is 23.1 Å². The van der Waals surface area contributed by atoms with Crippen molar-refractivity contribution in [3.8, 4) is 5.75 Å². The summed E-state index contributed by atoms with van der Waals surface area (Å²) in [6.07, 6.45) is 0.0755. The lowest BCUT2D eigenvalue weighted by Crippen LogP contribution is -2.46. The van der Waals surface area contributed by atoms with Crippen LogP contribution in [-0.4, -0.2) is 60.2 Å². The molecule has 0 spiro atoms. The second kappa shape index (κ2) is 12.7. The second-order valence-corrected chi connectivity index (χ2v) is 8.57. The Morgan fingerprint density at radius 1 is 1.26 bits per heavy atom. The van der Waals surface area contributed by atoms with Gasteiger partial charge in [0, 0.05) is 0 Å². The molecule has 11 nitrogen and oxygen atoms in total. The third kappa shape index (κ3) is 7.17. The molecule has 0 aliphatic carbocycles. The smallest absolute Gasteiger partial charge is 0.332 e. The van der Waals surface area contributed by atoms with Gasteiger partial charge in [-0.2, -0.15) is 0 Å². The van der Waals surface area contributed by atoms with Gasteiger partial charge in [0.25, 0.3) is 5.91 Å². The fraction of sp³-hybridized carbons (Fsp3) is 0.542. The van der Waals surface area contributed by atoms with E-state index in [-0.39, 0.29) is 11.3 Å². The van der Waals surface area contributed by atoms with Gasteiger partial charge >= 0.3 is 17.9 Å². The molecule has 0 saturated carbocycles. The summed E-state index contributed by atoms with van der Waals surface area (Å²) in [7, 11) is 0. The number of esters is 3. The van der Waals surface area contributed by atoms with Crippen LogP contribution >= 0.6 is 0 Å². The normalized spacial score (nSPS) is 22.7. The van der Waals surface area contributed by atoms with Crippen molar-refractivity contribution in [2.24, 2.45) is 11.8 Å². The third-order valence-electron chi connectivity index (χ3n) is 5.53. The molecule has 1 saturated heterocycles. The SMILES string of the molecule is CCCC[C@H]1C(=O)OC[C@H](NC(=O)c2cccc(NC=O)c2O)C(=O)O[C@@H](C)[C@@H]1OC(=O)C(C)C. The number of anilines is 1. The molecule has 3 N–H and O–H groups in total. The Bertz CT molecular complexity index is 947. The van der Waals surface area contributed by atoms with Crippen molar-refractivity contribution in [1.29, 1.82) is 0 Å². The first kappa shape index (κ1) is 27.6. The molecule has 0 aromatic heterocycles. The van der Waals surface area contributed by atoms with Gasteiger partial charge < -0.3 is 30.0 Å². The number of ether oxygens (including phenoxy) is 3. The minimum atomic E-state index is -1.39. The number of para-hydroxylation sites is 1. The van der Waals surface area contributed by atoms with Crippen LogP contribution in [0.2, 0.25) is 0 Å². The van der Waals surface area contributed by atoms with E-state index in [1.165, 1.54) is 25.1 Å². The van der Waals surface area contributed by atoms with E-state index in [9.17, 15) is 29.1 Å². The number of amides is 2. The van der Waals surface area contributed by atoms with E-state index in [0.717, 1.165) is 6.42 Å². The van der Waals surface area contributed by atoms with Gasteiger partial charge in [-0.3, -0.25) is 19.2 Å². The zero-order valence-corrected chi connectivity index (χ0v) is 20.2. The van der Waals surface area contributed by atoms with E-state index in [1.54, 1.807) is 13.8 Å². The van der Waals surface area contributed by atoms with E-state index in [0.29, 0.717) is 19.3 Å². The summed E-state index contributed by atoms with van der Waals surface area (Å²) in [4.78, 5) is 61.5. The number of hydrogen-bond donors (Lipinski definition) is 3. The van der Waals surface area contributed by atoms with Crippen molar-refractivity contribution in [1.82, 2.24) is 5.32 Å². The number of hydrogen-bond acceptors (Lipinski definition) is 9. The minimum absolute atomic E-state index is 0.00156. The van der Waals surface area contributed by atoms with Crippen molar-refractivity contribution in [2.75, 3.05) is 11.9 Å². The summed E-state index contributed by atoms with van der Waals surface area (Å²) < 4.78 is 16.4. The number of benzene rings is 1. The molecule has 1 aromatic carbocycles. The molecule has 1 aromatic rings. The summed E-state index contributed by atoms with van der Waals surface area (Å²) in [5, 5.41) is 14.9. The molecule has 192 valence electrons. The largest absolute Gasteiger partial charge is 0.505 e. The molecule has 2 amide bonds. The Kier molecular flexibility index (Phi) is 10.0. The van der Waals surface area contributed by atoms with Crippen LogP contribution in [0.1, 0.15) is 57.3 Å². The molecule has 1 aliphatic heterocycles. The Labute approximate surface area is 203 Å². The molecule has 35 heavy (non-hydrogen) atoms. The predicted molar refractivity (Wildman–Crippen MR) is 123 cm³/mol. The number of nitrogens with one attached hydrogen (secondary N) is 2. The average Bonchev–Trinajstić information content (AvgIpc) is 2.84. The molecule has 1 heterocycles. The van der Waals surface area contributed by atoms with Crippen LogP contribution in [0.15, 0.2) is 18.2 Å². The van der Waals surface area contributed by atoms with E-state index in [2.05, 4.69) is 10.6 Å². The topological polar surface area (TPSA) is 157 Å². The van der Waals surface area contributed by atoms with Crippen LogP contribution < -0.4 is 10.6 Å². The molecule has 11 heteroatoms. The summed E-state index contributed by atoms with van der Waals surface area (Å²) in [6, 6.07) is 2.71. The average molecular weight is 493 g/mol. The lowest BCUT2D eigenvalue weighted by Gasteiger charge is -2.29. The van der Waals surface area contributed by atoms with Crippen LogP contribution in [0.3, 0.4) is 0 Å². The highest BCUT2D eigenvalue weighted by atomic mass is 16.6. The first-order valence-electron chi connectivity index (χ1n) is 11.5. The van der Waals surface area contributed by atoms with E-state index >= 15 is 0 Å². The molecule has 0 bridgehead atoms. The maximum absolute atomic E-state index is 12.9. The highest BCUT2D eigenvalue weighted by Gasteiger charge is 2.41. The minimum Gasteiger partial charge on any atom is -0.505 e. The molecule has 0 radical (unpaired) electrons. The van der Waals surface area contributed by atoms with Gasteiger partial charge in [-0.15, -0.1) is 0 Å². The van der Waals surface area contributed by atoms with Crippen molar-refractivity contribution in [3.05, 3.63) is 23.8 Å². The van der Waals surface area contributed by atoms with Gasteiger partial charge in [-0.05, 0) is 25.5 Å². The van der Waals surface area contributed by atoms with Crippen LogP contribution in [0.25, 0.3) is 0 Å². The molecule has 4 atom stereocenters. The number of carbonyl (C=O) groups excluding carboxylic acids is 5. The number of phenolic OH excluding ortho intramolecular Hbond substituents is 1. The molecule has 1 aliphatic rings. The Balaban J connectivity index is 2.28. The molecule has 1 fully saturated rings. The number of cyclic esters (lactones) is 2. The summed E-state index contributed by atoms with van der Waals surface area (Å²) in [5.41, 5.74) is -0.216. The van der Waals surface area contributed by atoms with E-state index in [1.807, 2.05) is 6.92 Å². The fourth-order valence-corrected chi connectivity index (χ4v) is 3.53. The highest BCUT2D eigenvalue weighted by Crippen LogP contribution is 2.28. The highest BCUT2D eigenvalue weighted by molar-refractivity contribution is 6.01. The van der Waals surface area contributed by atoms with Crippen LogP contribution in [0, 0.1) is 11.8 Å². The zero-order chi connectivity index (χ0) is 26.1. The van der Waals surface area contributed by atoms with Gasteiger partial charge in [-0.1, -0.05) is 39.7 Å². The Hall–Kier alpha value is -3.63. The van der Waals surface area contributed by atoms with Gasteiger partial charge in [0.1, 0.15) is 12.7 Å². The van der Waals surface area contributed by atoms with Crippen LogP contribution in [0.4, 0.5) is 5.69 Å². The van der Waals surface area contributed by atoms with Crippen molar-refractivity contribution in [3.63, 3.8) is 0 Å². The maximum atomic E-state index is 12.9. The van der Waals surface area contributed by atoms with Gasteiger partial charge in [-0.25, -0.2) is 4.79 Å². The summed E-state index contributed by atoms with van der Waals surface area (Å²) in [5.74, 6) is -4.80. The van der Waals surface area contributed by atoms with E-state index < -0.39 is 66.3 Å². The maximum Gasteiger partial charge on any atom is 0.332 e. The van der Waals surface area contributed by atoms with E-state index in [4.69, 9.17) is 14.2 Å². The number of phenols is 1. The number of unbranched alkanes of at least 4 members (excludes halogenated alkanes) is 1.